The number of hydrogen-bond acceptors (Lipinski definition) is 6. The third kappa shape index (κ3) is 6.48. The van der Waals surface area contributed by atoms with E-state index in [2.05, 4.69) is 5.32 Å². The number of nitrogens with one attached hydrogen (secondary N) is 2. The summed E-state index contributed by atoms with van der Waals surface area (Å²) in [5.41, 5.74) is 2.59. The Morgan fingerprint density at radius 1 is 1.11 bits per heavy atom. The van der Waals surface area contributed by atoms with Gasteiger partial charge < -0.3 is 14.4 Å². The number of carbonyl (C=O) groups is 3. The van der Waals surface area contributed by atoms with Crippen LogP contribution in [0.25, 0.3) is 0 Å². The first kappa shape index (κ1) is 26.0. The summed E-state index contributed by atoms with van der Waals surface area (Å²) in [5.74, 6) is -2.67. The smallest absolute Gasteiger partial charge is 0.413 e. The highest BCUT2D eigenvalue weighted by atomic mass is 19.1. The maximum atomic E-state index is 13.8. The minimum atomic E-state index is -0.914. The van der Waals surface area contributed by atoms with Gasteiger partial charge in [-0.3, -0.25) is 20.1 Å². The number of methoxy groups -OCH3 is 1. The number of carbonyl (C=O) groups excluding carboxylic acids is 3. The Kier molecular flexibility index (Phi) is 9.02. The van der Waals surface area contributed by atoms with Crippen LogP contribution in [-0.4, -0.2) is 47.9 Å². The summed E-state index contributed by atoms with van der Waals surface area (Å²) in [5, 5.41) is 11.8. The predicted molar refractivity (Wildman–Crippen MR) is 125 cm³/mol. The average Bonchev–Trinajstić information content (AvgIpc) is 2.88. The second-order valence-electron chi connectivity index (χ2n) is 8.26. The van der Waals surface area contributed by atoms with Crippen LogP contribution >= 0.6 is 0 Å². The maximum absolute atomic E-state index is 13.8. The van der Waals surface area contributed by atoms with E-state index in [1.165, 1.54) is 36.3 Å². The molecule has 1 saturated heterocycles. The Morgan fingerprint density at radius 2 is 1.80 bits per heavy atom. The van der Waals surface area contributed by atoms with Gasteiger partial charge in [-0.15, -0.1) is 0 Å². The normalized spacial score (nSPS) is 17.1. The van der Waals surface area contributed by atoms with Crippen molar-refractivity contribution in [2.45, 2.75) is 44.8 Å². The highest BCUT2D eigenvalue weighted by Crippen LogP contribution is 2.33. The van der Waals surface area contributed by atoms with Crippen molar-refractivity contribution in [2.24, 2.45) is 5.92 Å². The lowest BCUT2D eigenvalue weighted by molar-refractivity contribution is -0.151. The predicted octanol–water partition coefficient (Wildman–Crippen LogP) is 4.04. The number of amides is 3. The van der Waals surface area contributed by atoms with Gasteiger partial charge in [-0.2, -0.15) is 0 Å². The summed E-state index contributed by atoms with van der Waals surface area (Å²) in [6.45, 7) is 2.10. The number of piperidine rings is 1. The number of halogens is 1. The zero-order chi connectivity index (χ0) is 25.4. The zero-order valence-corrected chi connectivity index (χ0v) is 19.7. The van der Waals surface area contributed by atoms with E-state index in [-0.39, 0.29) is 5.91 Å². The van der Waals surface area contributed by atoms with Gasteiger partial charge in [0.2, 0.25) is 11.8 Å². The molecular formula is C25H30FN3O6. The number of benzene rings is 2. The van der Waals surface area contributed by atoms with E-state index >= 15 is 0 Å². The van der Waals surface area contributed by atoms with Crippen molar-refractivity contribution in [3.8, 4) is 5.75 Å². The van der Waals surface area contributed by atoms with Crippen molar-refractivity contribution in [3.63, 3.8) is 0 Å². The fraction of sp³-hybridized carbons (Fsp3) is 0.400. The summed E-state index contributed by atoms with van der Waals surface area (Å²) in [6, 6.07) is 12.0. The van der Waals surface area contributed by atoms with E-state index in [4.69, 9.17) is 9.47 Å². The monoisotopic (exact) mass is 487 g/mol. The number of hydroxylamine groups is 1. The number of nitrogens with zero attached hydrogens (tertiary/aromatic N) is 1. The molecule has 0 saturated carbocycles. The molecule has 3 N–H and O–H groups in total. The van der Waals surface area contributed by atoms with Gasteiger partial charge in [0.05, 0.1) is 18.9 Å². The van der Waals surface area contributed by atoms with E-state index in [1.807, 2.05) is 0 Å². The molecule has 2 aromatic rings. The number of rotatable bonds is 8. The van der Waals surface area contributed by atoms with Gasteiger partial charge in [0, 0.05) is 18.7 Å². The van der Waals surface area contributed by atoms with Crippen LogP contribution in [0.4, 0.5) is 14.9 Å². The van der Waals surface area contributed by atoms with Crippen LogP contribution in [0, 0.1) is 11.7 Å². The number of anilines is 1. The van der Waals surface area contributed by atoms with Crippen molar-refractivity contribution in [2.75, 3.05) is 19.0 Å². The molecule has 9 nitrogen and oxygen atoms in total. The summed E-state index contributed by atoms with van der Waals surface area (Å²) in [7, 11) is 1.53. The molecule has 188 valence electrons. The van der Waals surface area contributed by atoms with Crippen LogP contribution in [0.1, 0.15) is 44.1 Å². The molecule has 1 fully saturated rings. The molecule has 0 aliphatic carbocycles. The fourth-order valence-corrected chi connectivity index (χ4v) is 4.27. The average molecular weight is 488 g/mol. The number of hydrogen-bond donors (Lipinski definition) is 3. The molecule has 0 radical (unpaired) electrons. The van der Waals surface area contributed by atoms with Crippen LogP contribution in [0.3, 0.4) is 0 Å². The lowest BCUT2D eigenvalue weighted by atomic mass is 9.82. The van der Waals surface area contributed by atoms with Gasteiger partial charge in [0.15, 0.2) is 6.23 Å². The van der Waals surface area contributed by atoms with Crippen molar-refractivity contribution < 1.29 is 33.5 Å². The second-order valence-corrected chi connectivity index (χ2v) is 8.26. The molecule has 0 aromatic heterocycles. The van der Waals surface area contributed by atoms with Crippen LogP contribution in [-0.2, 0) is 14.3 Å². The molecule has 3 atom stereocenters. The number of likely N-dealkylation sites (tertiary alicyclic amines) is 1. The molecule has 1 aliphatic rings. The van der Waals surface area contributed by atoms with Gasteiger partial charge in [-0.05, 0) is 61.2 Å². The summed E-state index contributed by atoms with van der Waals surface area (Å²) >= 11 is 0. The minimum absolute atomic E-state index is 0.291. The Bertz CT molecular complexity index is 1010. The maximum Gasteiger partial charge on any atom is 0.413 e. The van der Waals surface area contributed by atoms with Gasteiger partial charge >= 0.3 is 6.09 Å². The molecule has 0 spiro atoms. The van der Waals surface area contributed by atoms with Crippen LogP contribution in [0.2, 0.25) is 0 Å². The minimum Gasteiger partial charge on any atom is -0.497 e. The van der Waals surface area contributed by atoms with Crippen LogP contribution in [0.5, 0.6) is 5.75 Å². The highest BCUT2D eigenvalue weighted by molar-refractivity contribution is 5.91. The molecule has 0 bridgehead atoms. The zero-order valence-electron chi connectivity index (χ0n) is 19.7. The highest BCUT2D eigenvalue weighted by Gasteiger charge is 2.40. The van der Waals surface area contributed by atoms with E-state index in [9.17, 15) is 24.0 Å². The van der Waals surface area contributed by atoms with Crippen molar-refractivity contribution in [1.82, 2.24) is 10.4 Å². The molecule has 2 aromatic carbocycles. The van der Waals surface area contributed by atoms with Gasteiger partial charge in [0.25, 0.3) is 0 Å². The van der Waals surface area contributed by atoms with Gasteiger partial charge in [-0.25, -0.2) is 14.7 Å². The van der Waals surface area contributed by atoms with E-state index in [0.29, 0.717) is 42.8 Å². The van der Waals surface area contributed by atoms with Crippen LogP contribution < -0.4 is 15.5 Å². The van der Waals surface area contributed by atoms with Gasteiger partial charge in [0.1, 0.15) is 11.6 Å². The largest absolute Gasteiger partial charge is 0.497 e. The van der Waals surface area contributed by atoms with E-state index < -0.39 is 35.9 Å². The second kappa shape index (κ2) is 12.2. The summed E-state index contributed by atoms with van der Waals surface area (Å²) in [4.78, 5) is 40.3. The molecule has 3 amide bonds. The van der Waals surface area contributed by atoms with Crippen molar-refractivity contribution in [1.29, 1.82) is 0 Å². The fourth-order valence-electron chi connectivity index (χ4n) is 4.27. The molecule has 1 aliphatic heterocycles. The third-order valence-corrected chi connectivity index (χ3v) is 6.09. The Labute approximate surface area is 203 Å². The summed E-state index contributed by atoms with van der Waals surface area (Å²) < 4.78 is 23.9. The Balaban J connectivity index is 1.84. The molecule has 0 unspecified atom stereocenters. The lowest BCUT2D eigenvalue weighted by Crippen LogP contribution is -2.50. The lowest BCUT2D eigenvalue weighted by Gasteiger charge is -2.38. The summed E-state index contributed by atoms with van der Waals surface area (Å²) in [6.07, 6.45) is 0.568. The Hall–Kier alpha value is -3.66. The Morgan fingerprint density at radius 3 is 2.40 bits per heavy atom. The van der Waals surface area contributed by atoms with E-state index in [0.717, 1.165) is 6.42 Å². The number of ether oxygens (including phenoxy) is 2. The molecule has 10 heteroatoms. The quantitative estimate of drug-likeness (QED) is 0.382. The molecule has 35 heavy (non-hydrogen) atoms. The standard InChI is InChI=1S/C25H30FN3O6/c1-3-20(23(30)28-33)22(16-7-13-19(34-2)14-8-16)24(31)29-15-5-4-6-21(29)35-25(32)27-18-11-9-17(26)10-12-18/h7-14,20-22,33H,3-6,15H2,1-2H3,(H,27,32)(H,28,30)/t20-,21-,22+/m0/s1. The molecule has 3 rings (SSSR count). The van der Waals surface area contributed by atoms with Crippen molar-refractivity contribution >= 4 is 23.6 Å². The topological polar surface area (TPSA) is 117 Å². The van der Waals surface area contributed by atoms with E-state index in [1.54, 1.807) is 36.7 Å². The van der Waals surface area contributed by atoms with Crippen LogP contribution in [0.15, 0.2) is 48.5 Å². The third-order valence-electron chi connectivity index (χ3n) is 6.09. The van der Waals surface area contributed by atoms with Gasteiger partial charge in [-0.1, -0.05) is 19.1 Å². The first-order valence-corrected chi connectivity index (χ1v) is 11.5. The first-order valence-electron chi connectivity index (χ1n) is 11.5. The molecular weight excluding hydrogens is 457 g/mol. The molecule has 1 heterocycles. The van der Waals surface area contributed by atoms with Crippen molar-refractivity contribution in [3.05, 3.63) is 59.9 Å². The SMILES string of the molecule is CC[C@H](C(=O)NO)[C@H](C(=O)N1CCCC[C@@H]1OC(=O)Nc1ccc(F)cc1)c1ccc(OC)cc1. The first-order chi connectivity index (χ1) is 16.9.